The van der Waals surface area contributed by atoms with Crippen LogP contribution >= 0.6 is 0 Å². The number of fused-ring (bicyclic) bond motifs is 1. The van der Waals surface area contributed by atoms with Gasteiger partial charge in [-0.25, -0.2) is 0 Å². The van der Waals surface area contributed by atoms with Crippen LogP contribution in [0.5, 0.6) is 0 Å². The molecular weight excluding hydrogens is 262 g/mol. The smallest absolute Gasteiger partial charge is 0.323 e. The lowest BCUT2D eigenvalue weighted by molar-refractivity contribution is -0.142. The highest BCUT2D eigenvalue weighted by Gasteiger charge is 2.44. The Hall–Kier alpha value is -0.420. The zero-order chi connectivity index (χ0) is 14.2. The average Bonchev–Trinajstić information content (AvgIpc) is 2.36. The molecule has 1 heterocycles. The summed E-state index contributed by atoms with van der Waals surface area (Å²) in [6.07, 6.45) is 3.15. The van der Waals surface area contributed by atoms with Crippen molar-refractivity contribution in [2.45, 2.75) is 57.4 Å². The molecule has 1 saturated carbocycles. The van der Waals surface area contributed by atoms with Crippen LogP contribution in [0, 0.1) is 11.3 Å². The van der Waals surface area contributed by atoms with E-state index in [0.717, 1.165) is 19.3 Å². The van der Waals surface area contributed by atoms with Crippen LogP contribution in [0.3, 0.4) is 0 Å². The van der Waals surface area contributed by atoms with Crippen LogP contribution in [-0.2, 0) is 20.3 Å². The summed E-state index contributed by atoms with van der Waals surface area (Å²) in [6, 6.07) is -0.185. The van der Waals surface area contributed by atoms with Gasteiger partial charge < -0.3 is 4.74 Å². The van der Waals surface area contributed by atoms with E-state index in [0.29, 0.717) is 11.7 Å². The van der Waals surface area contributed by atoms with E-state index < -0.39 is 16.8 Å². The fraction of sp³-hybridized carbons (Fsp3) is 0.929. The van der Waals surface area contributed by atoms with Gasteiger partial charge in [0.15, 0.2) is 0 Å². The summed E-state index contributed by atoms with van der Waals surface area (Å²) in [7, 11) is 0.457. The summed E-state index contributed by atoms with van der Waals surface area (Å²) in [5.41, 5.74) is 0.272. The first-order valence-electron chi connectivity index (χ1n) is 7.04. The van der Waals surface area contributed by atoms with Gasteiger partial charge in [0, 0.05) is 22.6 Å². The molecule has 110 valence electrons. The molecule has 5 atom stereocenters. The molecule has 0 aromatic rings. The molecule has 0 aromatic heterocycles. The Morgan fingerprint density at radius 1 is 1.32 bits per heavy atom. The third-order valence-corrected chi connectivity index (χ3v) is 6.44. The van der Waals surface area contributed by atoms with Gasteiger partial charge in [0.05, 0.1) is 12.4 Å². The van der Waals surface area contributed by atoms with Crippen molar-refractivity contribution < 1.29 is 13.7 Å². The Morgan fingerprint density at radius 3 is 2.58 bits per heavy atom. The first kappa shape index (κ1) is 15.0. The minimum absolute atomic E-state index is 0.193. The van der Waals surface area contributed by atoms with E-state index in [1.807, 2.05) is 0 Å². The van der Waals surface area contributed by atoms with Crippen molar-refractivity contribution in [3.63, 3.8) is 0 Å². The molecule has 2 aliphatic rings. The average molecular weight is 287 g/mol. The van der Waals surface area contributed by atoms with E-state index in [1.54, 1.807) is 0 Å². The summed E-state index contributed by atoms with van der Waals surface area (Å²) in [5, 5.41) is 3.53. The van der Waals surface area contributed by atoms with Gasteiger partial charge in [0.1, 0.15) is 6.04 Å². The molecule has 0 radical (unpaired) electrons. The van der Waals surface area contributed by atoms with Gasteiger partial charge in [-0.2, -0.15) is 0 Å². The Balaban J connectivity index is 2.05. The van der Waals surface area contributed by atoms with Gasteiger partial charge in [0.2, 0.25) is 0 Å². The standard InChI is InChI=1S/C14H25NO3S/c1-14(2,3)9-5-6-10-12(7-9)19(17)8-11(15-10)13(16)18-4/h9-12,15H,5-8H2,1-4H3. The van der Waals surface area contributed by atoms with Crippen LogP contribution in [0.15, 0.2) is 0 Å². The maximum absolute atomic E-state index is 12.4. The number of rotatable bonds is 1. The summed E-state index contributed by atoms with van der Waals surface area (Å²) in [6.45, 7) is 6.78. The minimum Gasteiger partial charge on any atom is -0.468 e. The van der Waals surface area contributed by atoms with E-state index in [4.69, 9.17) is 4.74 Å². The molecule has 4 nitrogen and oxygen atoms in total. The predicted octanol–water partition coefficient (Wildman–Crippen LogP) is 1.46. The number of hydrogen-bond donors (Lipinski definition) is 1. The Morgan fingerprint density at radius 2 is 2.00 bits per heavy atom. The maximum Gasteiger partial charge on any atom is 0.323 e. The Bertz CT molecular complexity index is 377. The molecule has 5 heteroatoms. The number of ether oxygens (including phenoxy) is 1. The molecule has 2 fully saturated rings. The SMILES string of the molecule is COC(=O)C1CS(=O)C2CC(C(C)(C)C)CCC2N1. The molecule has 1 aliphatic carbocycles. The molecular formula is C14H25NO3S. The third-order valence-electron chi connectivity index (χ3n) is 4.59. The summed E-state index contributed by atoms with van der Waals surface area (Å²) in [4.78, 5) is 11.6. The fourth-order valence-corrected chi connectivity index (χ4v) is 5.11. The Kier molecular flexibility index (Phi) is 4.35. The van der Waals surface area contributed by atoms with E-state index >= 15 is 0 Å². The number of carbonyl (C=O) groups is 1. The van der Waals surface area contributed by atoms with Crippen molar-refractivity contribution in [3.05, 3.63) is 0 Å². The minimum atomic E-state index is -0.928. The van der Waals surface area contributed by atoms with Gasteiger partial charge in [-0.15, -0.1) is 0 Å². The second kappa shape index (κ2) is 5.52. The van der Waals surface area contributed by atoms with Crippen molar-refractivity contribution in [2.24, 2.45) is 11.3 Å². The largest absolute Gasteiger partial charge is 0.468 e. The summed E-state index contributed by atoms with van der Waals surface area (Å²) >= 11 is 0. The first-order valence-corrected chi connectivity index (χ1v) is 8.42. The van der Waals surface area contributed by atoms with E-state index in [9.17, 15) is 9.00 Å². The summed E-state index contributed by atoms with van der Waals surface area (Å²) in [5.74, 6) is 0.726. The molecule has 19 heavy (non-hydrogen) atoms. The number of methoxy groups -OCH3 is 1. The lowest BCUT2D eigenvalue weighted by Gasteiger charge is -2.45. The molecule has 0 spiro atoms. The highest BCUT2D eigenvalue weighted by molar-refractivity contribution is 7.85. The topological polar surface area (TPSA) is 55.4 Å². The van der Waals surface area contributed by atoms with E-state index in [-0.39, 0.29) is 22.7 Å². The third kappa shape index (κ3) is 3.19. The second-order valence-corrected chi connectivity index (χ2v) is 8.51. The van der Waals surface area contributed by atoms with Gasteiger partial charge >= 0.3 is 5.97 Å². The molecule has 1 saturated heterocycles. The molecule has 0 bridgehead atoms. The van der Waals surface area contributed by atoms with Gasteiger partial charge in [-0.05, 0) is 30.6 Å². The molecule has 1 aliphatic heterocycles. The van der Waals surface area contributed by atoms with Crippen LogP contribution < -0.4 is 5.32 Å². The highest BCUT2D eigenvalue weighted by Crippen LogP contribution is 2.40. The van der Waals surface area contributed by atoms with Gasteiger partial charge in [-0.1, -0.05) is 20.8 Å². The van der Waals surface area contributed by atoms with Gasteiger partial charge in [-0.3, -0.25) is 14.3 Å². The molecule has 5 unspecified atom stereocenters. The zero-order valence-corrected chi connectivity index (χ0v) is 13.1. The van der Waals surface area contributed by atoms with Crippen molar-refractivity contribution in [1.82, 2.24) is 5.32 Å². The molecule has 1 N–H and O–H groups in total. The molecule has 0 amide bonds. The maximum atomic E-state index is 12.4. The lowest BCUT2D eigenvalue weighted by atomic mass is 9.71. The monoisotopic (exact) mass is 287 g/mol. The van der Waals surface area contributed by atoms with E-state index in [2.05, 4.69) is 26.1 Å². The van der Waals surface area contributed by atoms with Crippen LogP contribution in [0.4, 0.5) is 0 Å². The molecule has 2 rings (SSSR count). The number of esters is 1. The number of hydrogen-bond acceptors (Lipinski definition) is 4. The van der Waals surface area contributed by atoms with Crippen LogP contribution in [0.25, 0.3) is 0 Å². The summed E-state index contributed by atoms with van der Waals surface area (Å²) < 4.78 is 17.2. The van der Waals surface area contributed by atoms with Crippen molar-refractivity contribution in [2.75, 3.05) is 12.9 Å². The highest BCUT2D eigenvalue weighted by atomic mass is 32.2. The first-order chi connectivity index (χ1) is 8.82. The van der Waals surface area contributed by atoms with Crippen molar-refractivity contribution >= 4 is 16.8 Å². The van der Waals surface area contributed by atoms with Crippen LogP contribution in [0.2, 0.25) is 0 Å². The molecule has 0 aromatic carbocycles. The second-order valence-electron chi connectivity index (χ2n) is 6.81. The number of nitrogens with one attached hydrogen (secondary N) is 1. The quantitative estimate of drug-likeness (QED) is 0.742. The fourth-order valence-electron chi connectivity index (χ4n) is 3.27. The lowest BCUT2D eigenvalue weighted by Crippen LogP contribution is -2.60. The van der Waals surface area contributed by atoms with Crippen molar-refractivity contribution in [3.8, 4) is 0 Å². The number of carbonyl (C=O) groups excluding carboxylic acids is 1. The van der Waals surface area contributed by atoms with Crippen molar-refractivity contribution in [1.29, 1.82) is 0 Å². The van der Waals surface area contributed by atoms with Gasteiger partial charge in [0.25, 0.3) is 0 Å². The Labute approximate surface area is 118 Å². The van der Waals surface area contributed by atoms with E-state index in [1.165, 1.54) is 7.11 Å². The predicted molar refractivity (Wildman–Crippen MR) is 76.3 cm³/mol. The zero-order valence-electron chi connectivity index (χ0n) is 12.3. The van der Waals surface area contributed by atoms with Crippen LogP contribution in [0.1, 0.15) is 40.0 Å². The van der Waals surface area contributed by atoms with Crippen LogP contribution in [-0.4, -0.2) is 40.4 Å². The normalized spacial score (nSPS) is 39.5.